The minimum atomic E-state index is -2.08. The first-order valence-electron chi connectivity index (χ1n) is 10.7. The molecule has 0 saturated carbocycles. The number of benzene rings is 1. The molecule has 7 heteroatoms. The number of carboxylic acid groups (broad SMARTS) is 1. The Labute approximate surface area is 182 Å². The highest BCUT2D eigenvalue weighted by Crippen LogP contribution is 2.42. The molecule has 0 aliphatic carbocycles. The van der Waals surface area contributed by atoms with Crippen LogP contribution in [-0.4, -0.2) is 37.6 Å². The predicted molar refractivity (Wildman–Crippen MR) is 123 cm³/mol. The molecular formula is C23H39NO5Si. The van der Waals surface area contributed by atoms with Crippen molar-refractivity contribution >= 4 is 20.4 Å². The van der Waals surface area contributed by atoms with Crippen molar-refractivity contribution in [2.45, 2.75) is 90.5 Å². The van der Waals surface area contributed by atoms with Crippen LogP contribution in [0.2, 0.25) is 16.6 Å². The molecule has 170 valence electrons. The lowest BCUT2D eigenvalue weighted by molar-refractivity contribution is -0.138. The summed E-state index contributed by atoms with van der Waals surface area (Å²) in [4.78, 5) is 23.6. The van der Waals surface area contributed by atoms with Crippen molar-refractivity contribution in [2.24, 2.45) is 0 Å². The molecule has 2 N–H and O–H groups in total. The molecular weight excluding hydrogens is 398 g/mol. The largest absolute Gasteiger partial charge is 0.543 e. The summed E-state index contributed by atoms with van der Waals surface area (Å²) >= 11 is 0. The normalized spacial score (nSPS) is 13.5. The maximum Gasteiger partial charge on any atom is 0.407 e. The third-order valence-electron chi connectivity index (χ3n) is 5.43. The third kappa shape index (κ3) is 6.76. The van der Waals surface area contributed by atoms with Gasteiger partial charge in [0.2, 0.25) is 0 Å². The Morgan fingerprint density at radius 3 is 1.80 bits per heavy atom. The average Bonchev–Trinajstić information content (AvgIpc) is 2.58. The molecule has 0 aromatic heterocycles. The second kappa shape index (κ2) is 10.3. The van der Waals surface area contributed by atoms with E-state index in [2.05, 4.69) is 46.9 Å². The van der Waals surface area contributed by atoms with Gasteiger partial charge in [-0.2, -0.15) is 0 Å². The van der Waals surface area contributed by atoms with Gasteiger partial charge in [-0.25, -0.2) is 4.79 Å². The lowest BCUT2D eigenvalue weighted by Crippen LogP contribution is -2.50. The Balaban J connectivity index is 2.99. The molecule has 30 heavy (non-hydrogen) atoms. The number of carbonyl (C=O) groups is 2. The van der Waals surface area contributed by atoms with Crippen LogP contribution in [-0.2, 0) is 9.53 Å². The van der Waals surface area contributed by atoms with Crippen LogP contribution in [0.25, 0.3) is 0 Å². The summed E-state index contributed by atoms with van der Waals surface area (Å²) in [6.45, 7) is 18.6. The molecule has 0 aliphatic rings. The molecule has 1 amide bonds. The Hall–Kier alpha value is -2.02. The Bertz CT molecular complexity index is 686. The second-order valence-electron chi connectivity index (χ2n) is 9.76. The van der Waals surface area contributed by atoms with Gasteiger partial charge in [0.25, 0.3) is 8.32 Å². The van der Waals surface area contributed by atoms with Gasteiger partial charge >= 0.3 is 12.1 Å². The highest BCUT2D eigenvalue weighted by molar-refractivity contribution is 6.78. The number of nitrogens with one attached hydrogen (secondary N) is 1. The summed E-state index contributed by atoms with van der Waals surface area (Å²) in [5.41, 5.74) is 1.31. The summed E-state index contributed by atoms with van der Waals surface area (Å²) in [7, 11) is -2.08. The first-order valence-corrected chi connectivity index (χ1v) is 12.8. The van der Waals surface area contributed by atoms with Crippen LogP contribution < -0.4 is 9.74 Å². The van der Waals surface area contributed by atoms with E-state index >= 15 is 0 Å². The van der Waals surface area contributed by atoms with Crippen molar-refractivity contribution in [1.29, 1.82) is 0 Å². The Morgan fingerprint density at radius 1 is 0.967 bits per heavy atom. The molecule has 0 radical (unpaired) electrons. The Kier molecular flexibility index (Phi) is 8.96. The van der Waals surface area contributed by atoms with Gasteiger partial charge in [0.15, 0.2) is 0 Å². The standard InChI is InChI=1S/C23H39NO5Si/c1-15(2)30(16(3)4,17(5)6)29-19-12-10-18(11-13-19)20(21(25)26)14-24-22(27)28-23(7,8)9/h10-13,15-17,20H,14H2,1-9H3,(H,24,27)(H,25,26). The maximum absolute atomic E-state index is 11.9. The van der Waals surface area contributed by atoms with Crippen LogP contribution in [0.1, 0.15) is 73.8 Å². The van der Waals surface area contributed by atoms with Gasteiger partial charge in [0.1, 0.15) is 11.4 Å². The van der Waals surface area contributed by atoms with Crippen LogP contribution in [0.5, 0.6) is 5.75 Å². The lowest BCUT2D eigenvalue weighted by Gasteiger charge is -2.42. The molecule has 6 nitrogen and oxygen atoms in total. The molecule has 0 saturated heterocycles. The number of hydrogen-bond donors (Lipinski definition) is 2. The van der Waals surface area contributed by atoms with Gasteiger partial charge in [0.05, 0.1) is 5.92 Å². The van der Waals surface area contributed by atoms with E-state index in [0.717, 1.165) is 5.75 Å². The lowest BCUT2D eigenvalue weighted by atomic mass is 9.99. The summed E-state index contributed by atoms with van der Waals surface area (Å²) < 4.78 is 11.8. The fraction of sp³-hybridized carbons (Fsp3) is 0.652. The number of aliphatic carboxylic acids is 1. The van der Waals surface area contributed by atoms with Gasteiger partial charge in [-0.15, -0.1) is 0 Å². The first-order chi connectivity index (χ1) is 13.7. The van der Waals surface area contributed by atoms with Crippen molar-refractivity contribution < 1.29 is 23.9 Å². The second-order valence-corrected chi connectivity index (χ2v) is 15.1. The zero-order chi connectivity index (χ0) is 23.3. The molecule has 1 rings (SSSR count). The third-order valence-corrected chi connectivity index (χ3v) is 11.4. The number of amides is 1. The number of alkyl carbamates (subject to hydrolysis) is 1. The van der Waals surface area contributed by atoms with Crippen LogP contribution in [0.3, 0.4) is 0 Å². The highest BCUT2D eigenvalue weighted by atomic mass is 28.4. The number of carboxylic acids is 1. The summed E-state index contributed by atoms with van der Waals surface area (Å²) in [6, 6.07) is 7.22. The fourth-order valence-corrected chi connectivity index (χ4v) is 9.42. The number of carbonyl (C=O) groups excluding carboxylic acids is 1. The fourth-order valence-electron chi connectivity index (χ4n) is 4.17. The smallest absolute Gasteiger partial charge is 0.407 e. The molecule has 0 aliphatic heterocycles. The molecule has 1 atom stereocenters. The van der Waals surface area contributed by atoms with E-state index in [4.69, 9.17) is 9.16 Å². The van der Waals surface area contributed by atoms with E-state index in [-0.39, 0.29) is 6.54 Å². The van der Waals surface area contributed by atoms with Gasteiger partial charge in [0, 0.05) is 6.54 Å². The van der Waals surface area contributed by atoms with E-state index in [9.17, 15) is 14.7 Å². The van der Waals surface area contributed by atoms with E-state index < -0.39 is 31.9 Å². The van der Waals surface area contributed by atoms with Crippen LogP contribution in [0.4, 0.5) is 4.79 Å². The predicted octanol–water partition coefficient (Wildman–Crippen LogP) is 5.93. The molecule has 1 aromatic rings. The quantitative estimate of drug-likeness (QED) is 0.467. The van der Waals surface area contributed by atoms with Gasteiger partial charge in [-0.3, -0.25) is 4.79 Å². The van der Waals surface area contributed by atoms with E-state index in [1.54, 1.807) is 32.9 Å². The van der Waals surface area contributed by atoms with Gasteiger partial charge in [-0.1, -0.05) is 53.7 Å². The summed E-state index contributed by atoms with van der Waals surface area (Å²) in [6.07, 6.45) is -0.629. The monoisotopic (exact) mass is 437 g/mol. The number of hydrogen-bond acceptors (Lipinski definition) is 4. The SMILES string of the molecule is CC(C)[Si](Oc1ccc(C(CNC(=O)OC(C)(C)C)C(=O)O)cc1)(C(C)C)C(C)C. The topological polar surface area (TPSA) is 84.9 Å². The molecule has 0 spiro atoms. The minimum absolute atomic E-state index is 0.0485. The van der Waals surface area contributed by atoms with Crippen molar-refractivity contribution in [3.63, 3.8) is 0 Å². The molecule has 1 unspecified atom stereocenters. The zero-order valence-electron chi connectivity index (χ0n) is 19.9. The number of rotatable bonds is 9. The minimum Gasteiger partial charge on any atom is -0.543 e. The van der Waals surface area contributed by atoms with Crippen LogP contribution >= 0.6 is 0 Å². The summed E-state index contributed by atoms with van der Waals surface area (Å²) in [5.74, 6) is -1.10. The van der Waals surface area contributed by atoms with Crippen molar-refractivity contribution in [3.8, 4) is 5.75 Å². The Morgan fingerprint density at radius 2 is 1.43 bits per heavy atom. The first kappa shape index (κ1) is 26.0. The van der Waals surface area contributed by atoms with E-state index in [0.29, 0.717) is 22.2 Å². The van der Waals surface area contributed by atoms with E-state index in [1.807, 2.05) is 12.1 Å². The maximum atomic E-state index is 11.9. The zero-order valence-corrected chi connectivity index (χ0v) is 20.9. The highest BCUT2D eigenvalue weighted by Gasteiger charge is 2.47. The molecule has 0 heterocycles. The molecule has 1 aromatic carbocycles. The molecule has 0 bridgehead atoms. The van der Waals surface area contributed by atoms with Gasteiger partial charge in [-0.05, 0) is 55.1 Å². The van der Waals surface area contributed by atoms with Crippen LogP contribution in [0.15, 0.2) is 24.3 Å². The average molecular weight is 438 g/mol. The number of ether oxygens (including phenoxy) is 1. The van der Waals surface area contributed by atoms with Gasteiger partial charge < -0.3 is 19.6 Å². The van der Waals surface area contributed by atoms with Crippen LogP contribution in [0, 0.1) is 0 Å². The summed E-state index contributed by atoms with van der Waals surface area (Å²) in [5, 5.41) is 12.2. The van der Waals surface area contributed by atoms with Crippen molar-refractivity contribution in [1.82, 2.24) is 5.32 Å². The van der Waals surface area contributed by atoms with Crippen molar-refractivity contribution in [2.75, 3.05) is 6.54 Å². The van der Waals surface area contributed by atoms with E-state index in [1.165, 1.54) is 0 Å². The molecule has 0 fully saturated rings. The van der Waals surface area contributed by atoms with Crippen molar-refractivity contribution in [3.05, 3.63) is 29.8 Å².